The van der Waals surface area contributed by atoms with E-state index in [-0.39, 0.29) is 34.7 Å². The molecule has 1 aromatic carbocycles. The highest BCUT2D eigenvalue weighted by atomic mass is 35.5. The zero-order valence-corrected chi connectivity index (χ0v) is 21.4. The second kappa shape index (κ2) is 9.82. The number of fused-ring (bicyclic) bond motifs is 1. The number of nitrogens with one attached hydrogen (secondary N) is 1. The smallest absolute Gasteiger partial charge is 0.407 e. The molecule has 1 fully saturated rings. The van der Waals surface area contributed by atoms with E-state index in [1.54, 1.807) is 32.4 Å². The molecule has 3 aromatic rings. The second-order valence-electron chi connectivity index (χ2n) is 9.92. The van der Waals surface area contributed by atoms with Gasteiger partial charge in [-0.05, 0) is 57.4 Å². The first-order chi connectivity index (χ1) is 17.0. The number of nitrogens with zero attached hydrogens (tertiary/aromatic N) is 5. The maximum atomic E-state index is 14.1. The van der Waals surface area contributed by atoms with Gasteiger partial charge in [-0.2, -0.15) is 5.26 Å². The summed E-state index contributed by atoms with van der Waals surface area (Å²) >= 11 is 6.36. The Hall–Kier alpha value is -3.58. The van der Waals surface area contributed by atoms with Gasteiger partial charge in [0.1, 0.15) is 39.9 Å². The Bertz CT molecular complexity index is 1420. The number of carbonyl (C=O) groups excluding carboxylic acids is 1. The van der Waals surface area contributed by atoms with Crippen LogP contribution in [-0.2, 0) is 18.3 Å². The third-order valence-corrected chi connectivity index (χ3v) is 6.35. The maximum Gasteiger partial charge on any atom is 0.407 e. The molecule has 36 heavy (non-hydrogen) atoms. The number of halogens is 2. The van der Waals surface area contributed by atoms with Crippen LogP contribution in [0.2, 0.25) is 5.02 Å². The first-order valence-electron chi connectivity index (χ1n) is 11.6. The number of aryl methyl sites for hydroxylation is 1. The van der Waals surface area contributed by atoms with Crippen LogP contribution in [0, 0.1) is 17.1 Å². The molecule has 3 heterocycles. The predicted octanol–water partition coefficient (Wildman–Crippen LogP) is 3.94. The van der Waals surface area contributed by atoms with Gasteiger partial charge in [-0.15, -0.1) is 0 Å². The van der Waals surface area contributed by atoms with Gasteiger partial charge >= 0.3 is 6.09 Å². The van der Waals surface area contributed by atoms with Gasteiger partial charge in [-0.3, -0.25) is 4.79 Å². The van der Waals surface area contributed by atoms with Crippen LogP contribution in [0.15, 0.2) is 29.3 Å². The topological polar surface area (TPSA) is 105 Å². The molecule has 190 valence electrons. The average Bonchev–Trinajstić information content (AvgIpc) is 3.11. The minimum absolute atomic E-state index is 0.0612. The Morgan fingerprint density at radius 1 is 1.39 bits per heavy atom. The standard InChI is InChI=1S/C25H28ClFN6O3/c1-25(2,3)36-24(35)30-17-6-5-9-32(13-17)22-18(11-28)20-21(23(34)31(4)14-29-20)33(22)12-15-10-16(27)7-8-19(15)26/h7-8,10,14,17H,5-6,9,12-13H2,1-4H3,(H,30,35)/t17-/m1/s1. The zero-order chi connectivity index (χ0) is 26.2. The SMILES string of the molecule is Cn1cnc2c(C#N)c(N3CCC[C@@H](NC(=O)OC(C)(C)C)C3)n(Cc3cc(F)ccc3Cl)c2c1=O. The Balaban J connectivity index is 1.80. The monoisotopic (exact) mass is 514 g/mol. The molecule has 0 bridgehead atoms. The van der Waals surface area contributed by atoms with Crippen LogP contribution in [-0.4, -0.2) is 44.9 Å². The van der Waals surface area contributed by atoms with Crippen molar-refractivity contribution < 1.29 is 13.9 Å². The van der Waals surface area contributed by atoms with Crippen molar-refractivity contribution in [1.82, 2.24) is 19.4 Å². The molecule has 0 spiro atoms. The van der Waals surface area contributed by atoms with E-state index >= 15 is 0 Å². The van der Waals surface area contributed by atoms with E-state index in [0.717, 1.165) is 12.8 Å². The molecule has 11 heteroatoms. The number of alkyl carbamates (subject to hydrolysis) is 1. The molecular formula is C25H28ClFN6O3. The number of ether oxygens (including phenoxy) is 1. The highest BCUT2D eigenvalue weighted by Gasteiger charge is 2.31. The van der Waals surface area contributed by atoms with Crippen molar-refractivity contribution in [3.05, 3.63) is 56.8 Å². The van der Waals surface area contributed by atoms with Crippen molar-refractivity contribution in [1.29, 1.82) is 5.26 Å². The van der Waals surface area contributed by atoms with Crippen molar-refractivity contribution in [2.24, 2.45) is 7.05 Å². The summed E-state index contributed by atoms with van der Waals surface area (Å²) in [6, 6.07) is 6.01. The van der Waals surface area contributed by atoms with Crippen molar-refractivity contribution in [2.75, 3.05) is 18.0 Å². The lowest BCUT2D eigenvalue weighted by Crippen LogP contribution is -2.49. The maximum absolute atomic E-state index is 14.1. The fourth-order valence-corrected chi connectivity index (χ4v) is 4.66. The number of nitriles is 1. The third kappa shape index (κ3) is 5.16. The summed E-state index contributed by atoms with van der Waals surface area (Å²) in [7, 11) is 1.58. The largest absolute Gasteiger partial charge is 0.444 e. The molecule has 0 unspecified atom stereocenters. The Morgan fingerprint density at radius 3 is 2.83 bits per heavy atom. The number of piperidine rings is 1. The molecule has 2 aromatic heterocycles. The summed E-state index contributed by atoms with van der Waals surface area (Å²) in [4.78, 5) is 31.9. The summed E-state index contributed by atoms with van der Waals surface area (Å²) in [5, 5.41) is 13.4. The summed E-state index contributed by atoms with van der Waals surface area (Å²) in [6.45, 7) is 6.43. The molecule has 0 aliphatic carbocycles. The highest BCUT2D eigenvalue weighted by Crippen LogP contribution is 2.33. The molecule has 1 aliphatic rings. The number of rotatable bonds is 4. The van der Waals surface area contributed by atoms with Crippen molar-refractivity contribution in [3.63, 3.8) is 0 Å². The number of hydrogen-bond donors (Lipinski definition) is 1. The van der Waals surface area contributed by atoms with E-state index in [9.17, 15) is 19.2 Å². The van der Waals surface area contributed by atoms with Gasteiger partial charge in [-0.1, -0.05) is 11.6 Å². The fraction of sp³-hybridized carbons (Fsp3) is 0.440. The van der Waals surface area contributed by atoms with Crippen molar-refractivity contribution in [3.8, 4) is 6.07 Å². The summed E-state index contributed by atoms with van der Waals surface area (Å²) in [5.74, 6) is 0.0258. The first kappa shape index (κ1) is 25.5. The van der Waals surface area contributed by atoms with Gasteiger partial charge in [0.15, 0.2) is 0 Å². The molecule has 1 amide bonds. The highest BCUT2D eigenvalue weighted by molar-refractivity contribution is 6.31. The summed E-state index contributed by atoms with van der Waals surface area (Å²) < 4.78 is 22.5. The van der Waals surface area contributed by atoms with Crippen LogP contribution in [0.3, 0.4) is 0 Å². The predicted molar refractivity (Wildman–Crippen MR) is 135 cm³/mol. The van der Waals surface area contributed by atoms with Crippen molar-refractivity contribution in [2.45, 2.75) is 51.8 Å². The fourth-order valence-electron chi connectivity index (χ4n) is 4.48. The minimum Gasteiger partial charge on any atom is -0.444 e. The van der Waals surface area contributed by atoms with Crippen LogP contribution in [0.1, 0.15) is 44.7 Å². The van der Waals surface area contributed by atoms with E-state index in [1.165, 1.54) is 29.1 Å². The lowest BCUT2D eigenvalue weighted by molar-refractivity contribution is 0.0500. The van der Waals surface area contributed by atoms with Gasteiger partial charge in [0.2, 0.25) is 0 Å². The number of amides is 1. The van der Waals surface area contributed by atoms with Crippen LogP contribution in [0.5, 0.6) is 0 Å². The number of hydrogen-bond acceptors (Lipinski definition) is 6. The average molecular weight is 515 g/mol. The van der Waals surface area contributed by atoms with Gasteiger partial charge < -0.3 is 24.1 Å². The third-order valence-electron chi connectivity index (χ3n) is 5.98. The van der Waals surface area contributed by atoms with Crippen LogP contribution in [0.25, 0.3) is 11.0 Å². The number of anilines is 1. The normalized spacial score (nSPS) is 16.1. The molecule has 1 atom stereocenters. The lowest BCUT2D eigenvalue weighted by atomic mass is 10.1. The van der Waals surface area contributed by atoms with Gasteiger partial charge in [0, 0.05) is 31.2 Å². The van der Waals surface area contributed by atoms with Gasteiger partial charge in [-0.25, -0.2) is 14.2 Å². The molecule has 9 nitrogen and oxygen atoms in total. The minimum atomic E-state index is -0.630. The zero-order valence-electron chi connectivity index (χ0n) is 20.6. The Morgan fingerprint density at radius 2 is 2.14 bits per heavy atom. The number of carbonyl (C=O) groups is 1. The molecule has 0 saturated carbocycles. The number of benzene rings is 1. The molecule has 1 saturated heterocycles. The van der Waals surface area contributed by atoms with E-state index in [1.807, 2.05) is 4.90 Å². The van der Waals surface area contributed by atoms with E-state index in [0.29, 0.717) is 29.5 Å². The lowest BCUT2D eigenvalue weighted by Gasteiger charge is -2.35. The van der Waals surface area contributed by atoms with Crippen molar-refractivity contribution >= 4 is 34.5 Å². The second-order valence-corrected chi connectivity index (χ2v) is 10.3. The quantitative estimate of drug-likeness (QED) is 0.565. The van der Waals surface area contributed by atoms with Gasteiger partial charge in [0.05, 0.1) is 12.9 Å². The molecule has 1 N–H and O–H groups in total. The Kier molecular flexibility index (Phi) is 6.96. The molecular weight excluding hydrogens is 487 g/mol. The Labute approximate surface area is 213 Å². The summed E-state index contributed by atoms with van der Waals surface area (Å²) in [6.07, 6.45) is 2.32. The number of aromatic nitrogens is 3. The van der Waals surface area contributed by atoms with E-state index in [2.05, 4.69) is 16.4 Å². The molecule has 1 aliphatic heterocycles. The van der Waals surface area contributed by atoms with Crippen LogP contribution < -0.4 is 15.8 Å². The van der Waals surface area contributed by atoms with E-state index < -0.39 is 17.5 Å². The summed E-state index contributed by atoms with van der Waals surface area (Å²) in [5.41, 5.74) is 0.239. The van der Waals surface area contributed by atoms with E-state index in [4.69, 9.17) is 16.3 Å². The molecule has 4 rings (SSSR count). The first-order valence-corrected chi connectivity index (χ1v) is 12.0. The van der Waals surface area contributed by atoms with Crippen LogP contribution >= 0.6 is 11.6 Å². The van der Waals surface area contributed by atoms with Gasteiger partial charge in [0.25, 0.3) is 5.56 Å². The van der Waals surface area contributed by atoms with Crippen LogP contribution in [0.4, 0.5) is 15.0 Å². The molecule has 0 radical (unpaired) electrons.